The van der Waals surface area contributed by atoms with Gasteiger partial charge in [-0.3, -0.25) is 14.7 Å². The van der Waals surface area contributed by atoms with Gasteiger partial charge < -0.3 is 0 Å². The van der Waals surface area contributed by atoms with Crippen molar-refractivity contribution in [3.8, 4) is 0 Å². The van der Waals surface area contributed by atoms with E-state index in [1.165, 1.54) is 0 Å². The van der Waals surface area contributed by atoms with Crippen LogP contribution in [0.2, 0.25) is 0 Å². The highest BCUT2D eigenvalue weighted by atomic mass is 15.3. The lowest BCUT2D eigenvalue weighted by Crippen LogP contribution is -2.19. The van der Waals surface area contributed by atoms with Gasteiger partial charge in [-0.1, -0.05) is 54.6 Å². The fourth-order valence-corrected chi connectivity index (χ4v) is 4.70. The highest BCUT2D eigenvalue weighted by molar-refractivity contribution is 5.84. The molecule has 1 aliphatic heterocycles. The van der Waals surface area contributed by atoms with Crippen LogP contribution in [-0.2, 0) is 0 Å². The first-order valence-electron chi connectivity index (χ1n) is 12.4. The summed E-state index contributed by atoms with van der Waals surface area (Å²) in [5, 5.41) is 26.8. The minimum absolute atomic E-state index is 0.620. The van der Waals surface area contributed by atoms with Crippen molar-refractivity contribution in [2.24, 2.45) is 0 Å². The van der Waals surface area contributed by atoms with Crippen LogP contribution < -0.4 is 14.7 Å². The SMILES string of the molecule is c1ccc(N2c3cnnc(c3)N(c3ccccc3)c3cnnc(c3)N(c3ccccc3)c3cnnc2c3)cc1. The molecule has 186 valence electrons. The Hall–Kier alpha value is -5.70. The molecule has 0 saturated carbocycles. The summed E-state index contributed by atoms with van der Waals surface area (Å²) in [5.41, 5.74) is 5.09. The number of benzene rings is 3. The van der Waals surface area contributed by atoms with E-state index in [0.717, 1.165) is 34.1 Å². The zero-order valence-electron chi connectivity index (χ0n) is 20.6. The van der Waals surface area contributed by atoms with E-state index in [-0.39, 0.29) is 0 Å². The van der Waals surface area contributed by atoms with E-state index in [4.69, 9.17) is 0 Å². The highest BCUT2D eigenvalue weighted by Gasteiger charge is 2.24. The predicted molar refractivity (Wildman–Crippen MR) is 151 cm³/mol. The molecule has 6 aromatic rings. The zero-order chi connectivity index (χ0) is 26.0. The Bertz CT molecular complexity index is 1470. The van der Waals surface area contributed by atoms with Crippen molar-refractivity contribution in [2.45, 2.75) is 0 Å². The van der Waals surface area contributed by atoms with Gasteiger partial charge in [0.15, 0.2) is 17.5 Å². The van der Waals surface area contributed by atoms with E-state index in [1.807, 2.05) is 124 Å². The van der Waals surface area contributed by atoms with Gasteiger partial charge in [0.1, 0.15) is 0 Å². The van der Waals surface area contributed by atoms with Crippen molar-refractivity contribution >= 4 is 51.6 Å². The van der Waals surface area contributed by atoms with Crippen LogP contribution >= 0.6 is 0 Å². The molecule has 0 fully saturated rings. The summed E-state index contributed by atoms with van der Waals surface area (Å²) in [6.07, 6.45) is 5.18. The maximum absolute atomic E-state index is 4.54. The van der Waals surface area contributed by atoms with E-state index in [9.17, 15) is 0 Å². The lowest BCUT2D eigenvalue weighted by Gasteiger charge is -2.30. The second-order valence-corrected chi connectivity index (χ2v) is 8.83. The number of para-hydroxylation sites is 3. The van der Waals surface area contributed by atoms with E-state index >= 15 is 0 Å². The van der Waals surface area contributed by atoms with Crippen LogP contribution in [0.3, 0.4) is 0 Å². The highest BCUT2D eigenvalue weighted by Crippen LogP contribution is 2.42. The molecule has 3 aromatic carbocycles. The molecule has 0 radical (unpaired) electrons. The molecule has 0 spiro atoms. The topological polar surface area (TPSA) is 87.1 Å². The number of rotatable bonds is 3. The fourth-order valence-electron chi connectivity index (χ4n) is 4.70. The first kappa shape index (κ1) is 22.5. The largest absolute Gasteiger partial charge is 0.292 e. The molecular weight excluding hydrogens is 486 g/mol. The minimum atomic E-state index is 0.620. The van der Waals surface area contributed by atoms with E-state index in [1.54, 1.807) is 18.6 Å². The molecular formula is C30H21N9. The van der Waals surface area contributed by atoms with Gasteiger partial charge in [0, 0.05) is 35.3 Å². The molecule has 0 aliphatic carbocycles. The van der Waals surface area contributed by atoms with Gasteiger partial charge in [0.2, 0.25) is 0 Å². The second-order valence-electron chi connectivity index (χ2n) is 8.83. The van der Waals surface area contributed by atoms with Gasteiger partial charge in [0.25, 0.3) is 0 Å². The van der Waals surface area contributed by atoms with Crippen LogP contribution in [0, 0.1) is 0 Å². The molecule has 3 aromatic heterocycles. The van der Waals surface area contributed by atoms with Crippen molar-refractivity contribution in [1.29, 1.82) is 0 Å². The molecule has 9 nitrogen and oxygen atoms in total. The van der Waals surface area contributed by atoms with Gasteiger partial charge >= 0.3 is 0 Å². The number of hydrogen-bond acceptors (Lipinski definition) is 9. The van der Waals surface area contributed by atoms with E-state index in [0.29, 0.717) is 17.5 Å². The van der Waals surface area contributed by atoms with Crippen molar-refractivity contribution in [3.05, 3.63) is 128 Å². The Kier molecular flexibility index (Phi) is 5.56. The summed E-state index contributed by atoms with van der Waals surface area (Å²) in [7, 11) is 0. The first-order chi connectivity index (χ1) is 19.3. The maximum Gasteiger partial charge on any atom is 0.162 e. The van der Waals surface area contributed by atoms with Gasteiger partial charge in [0.05, 0.1) is 35.7 Å². The average molecular weight is 508 g/mol. The Morgan fingerprint density at radius 1 is 0.333 bits per heavy atom. The Balaban J connectivity index is 1.55. The summed E-state index contributed by atoms with van der Waals surface area (Å²) in [4.78, 5) is 6.05. The average Bonchev–Trinajstić information content (AvgIpc) is 3.00. The van der Waals surface area contributed by atoms with Crippen LogP contribution in [0.4, 0.5) is 51.6 Å². The van der Waals surface area contributed by atoms with Crippen molar-refractivity contribution < 1.29 is 0 Å². The van der Waals surface area contributed by atoms with Crippen LogP contribution in [-0.4, -0.2) is 30.6 Å². The predicted octanol–water partition coefficient (Wildman–Crippen LogP) is 6.78. The normalized spacial score (nSPS) is 12.5. The molecule has 39 heavy (non-hydrogen) atoms. The number of aromatic nitrogens is 6. The third-order valence-electron chi connectivity index (χ3n) is 6.39. The van der Waals surface area contributed by atoms with Gasteiger partial charge in [-0.25, -0.2) is 0 Å². The van der Waals surface area contributed by atoms with Crippen LogP contribution in [0.5, 0.6) is 0 Å². The lowest BCUT2D eigenvalue weighted by atomic mass is 10.2. The Labute approximate surface area is 224 Å². The summed E-state index contributed by atoms with van der Waals surface area (Å²) in [6, 6.07) is 36.0. The van der Waals surface area contributed by atoms with Crippen molar-refractivity contribution in [2.75, 3.05) is 14.7 Å². The fraction of sp³-hybridized carbons (Fsp3) is 0. The summed E-state index contributed by atoms with van der Waals surface area (Å²) < 4.78 is 0. The standard InChI is InChI=1S/C30H21N9/c1-4-10-22(11-5-1)37-25-16-29(35-31-19-25)39(24-14-8-3-9-15-24)27-18-30(36-33-21-27)38(23-12-6-2-7-13-23)26-17-28(37)34-32-20-26/h1-21H. The monoisotopic (exact) mass is 507 g/mol. The van der Waals surface area contributed by atoms with Crippen LogP contribution in [0.15, 0.2) is 128 Å². The summed E-state index contributed by atoms with van der Waals surface area (Å²) >= 11 is 0. The van der Waals surface area contributed by atoms with Crippen molar-refractivity contribution in [3.63, 3.8) is 0 Å². The Morgan fingerprint density at radius 2 is 0.615 bits per heavy atom. The third kappa shape index (κ3) is 4.17. The number of nitrogens with zero attached hydrogens (tertiary/aromatic N) is 9. The Morgan fingerprint density at radius 3 is 0.897 bits per heavy atom. The number of anilines is 9. The molecule has 0 unspecified atom stereocenters. The molecule has 6 bridgehead atoms. The molecule has 0 amide bonds. The lowest BCUT2D eigenvalue weighted by molar-refractivity contribution is 0.951. The molecule has 0 saturated heterocycles. The summed E-state index contributed by atoms with van der Waals surface area (Å²) in [6.45, 7) is 0. The zero-order valence-corrected chi connectivity index (χ0v) is 20.6. The minimum Gasteiger partial charge on any atom is -0.292 e. The van der Waals surface area contributed by atoms with Gasteiger partial charge in [-0.15, -0.1) is 15.3 Å². The molecule has 0 atom stereocenters. The third-order valence-corrected chi connectivity index (χ3v) is 6.39. The molecule has 9 heteroatoms. The molecule has 4 heterocycles. The second kappa shape index (κ2) is 9.64. The van der Waals surface area contributed by atoms with Crippen molar-refractivity contribution in [1.82, 2.24) is 30.6 Å². The first-order valence-corrected chi connectivity index (χ1v) is 12.4. The summed E-state index contributed by atoms with van der Waals surface area (Å²) in [5.74, 6) is 1.86. The van der Waals surface area contributed by atoms with Crippen LogP contribution in [0.25, 0.3) is 0 Å². The maximum atomic E-state index is 4.54. The van der Waals surface area contributed by atoms with Gasteiger partial charge in [-0.05, 0) is 36.4 Å². The van der Waals surface area contributed by atoms with Gasteiger partial charge in [-0.2, -0.15) is 15.3 Å². The number of hydrogen-bond donors (Lipinski definition) is 0. The number of fused-ring (bicyclic) bond motifs is 6. The van der Waals surface area contributed by atoms with E-state index in [2.05, 4.69) is 30.6 Å². The quantitative estimate of drug-likeness (QED) is 0.257. The van der Waals surface area contributed by atoms with E-state index < -0.39 is 0 Å². The molecule has 7 rings (SSSR count). The molecule has 0 N–H and O–H groups in total. The smallest absolute Gasteiger partial charge is 0.162 e. The molecule has 1 aliphatic rings. The van der Waals surface area contributed by atoms with Crippen LogP contribution in [0.1, 0.15) is 0 Å².